The molecule has 0 spiro atoms. The highest BCUT2D eigenvalue weighted by Crippen LogP contribution is 2.39. The second kappa shape index (κ2) is 6.03. The molecule has 0 aliphatic carbocycles. The molecular weight excluding hydrogens is 312 g/mol. The summed E-state index contributed by atoms with van der Waals surface area (Å²) >= 11 is 3.29. The molecule has 0 aliphatic rings. The molecule has 0 fully saturated rings. The molecule has 0 amide bonds. The van der Waals surface area contributed by atoms with Crippen LogP contribution in [0.1, 0.15) is 4.88 Å². The average molecular weight is 322 g/mol. The zero-order valence-corrected chi connectivity index (χ0v) is 13.3. The predicted molar refractivity (Wildman–Crippen MR) is 90.9 cm³/mol. The van der Waals surface area contributed by atoms with Crippen LogP contribution >= 0.6 is 22.7 Å². The highest BCUT2D eigenvalue weighted by atomic mass is 32.1. The van der Waals surface area contributed by atoms with Crippen molar-refractivity contribution in [2.45, 2.75) is 0 Å². The summed E-state index contributed by atoms with van der Waals surface area (Å²) in [7, 11) is 1.65. The number of benzene rings is 1. The smallest absolute Gasteiger partial charge is 0.131 e. The third-order valence-electron chi connectivity index (χ3n) is 3.13. The zero-order chi connectivity index (χ0) is 15.5. The second-order valence-corrected chi connectivity index (χ2v) is 6.70. The van der Waals surface area contributed by atoms with E-state index in [0.717, 1.165) is 25.6 Å². The Labute approximate surface area is 135 Å². The molecule has 0 aliphatic heterocycles. The van der Waals surface area contributed by atoms with Crippen molar-refractivity contribution in [3.63, 3.8) is 0 Å². The molecule has 106 valence electrons. The van der Waals surface area contributed by atoms with Crippen molar-refractivity contribution in [3.05, 3.63) is 46.8 Å². The van der Waals surface area contributed by atoms with Crippen LogP contribution in [0.25, 0.3) is 25.9 Å². The van der Waals surface area contributed by atoms with E-state index in [1.807, 2.05) is 42.5 Å². The van der Waals surface area contributed by atoms with Crippen LogP contribution in [-0.4, -0.2) is 7.11 Å². The van der Waals surface area contributed by atoms with Gasteiger partial charge in [0.2, 0.25) is 0 Å². The molecular formula is C17H10N2OS2. The summed E-state index contributed by atoms with van der Waals surface area (Å²) in [6.45, 7) is 0. The molecule has 0 N–H and O–H groups in total. The van der Waals surface area contributed by atoms with Crippen molar-refractivity contribution in [2.75, 3.05) is 7.11 Å². The number of thiophene rings is 2. The summed E-state index contributed by atoms with van der Waals surface area (Å²) in [5, 5.41) is 17.6. The molecule has 0 bridgehead atoms. The fourth-order valence-corrected chi connectivity index (χ4v) is 4.41. The minimum atomic E-state index is 0.129. The van der Waals surface area contributed by atoms with E-state index < -0.39 is 0 Å². The summed E-state index contributed by atoms with van der Waals surface area (Å²) in [4.78, 5) is 2.13. The first-order chi connectivity index (χ1) is 10.7. The Bertz CT molecular complexity index is 886. The lowest BCUT2D eigenvalue weighted by molar-refractivity contribution is 0.415. The van der Waals surface area contributed by atoms with Gasteiger partial charge in [0.25, 0.3) is 0 Å². The van der Waals surface area contributed by atoms with Gasteiger partial charge in [-0.15, -0.1) is 22.7 Å². The maximum absolute atomic E-state index is 8.80. The number of ether oxygens (including phenoxy) is 1. The van der Waals surface area contributed by atoms with Gasteiger partial charge < -0.3 is 4.74 Å². The van der Waals surface area contributed by atoms with Crippen molar-refractivity contribution in [3.8, 4) is 28.3 Å². The first kappa shape index (κ1) is 14.3. The quantitative estimate of drug-likeness (QED) is 0.633. The van der Waals surface area contributed by atoms with Gasteiger partial charge in [0.15, 0.2) is 0 Å². The topological polar surface area (TPSA) is 56.8 Å². The average Bonchev–Trinajstić information content (AvgIpc) is 3.11. The predicted octanol–water partition coefficient (Wildman–Crippen LogP) is 5.07. The monoisotopic (exact) mass is 322 g/mol. The Hall–Kier alpha value is -2.60. The SMILES string of the molecule is COc1ccc(-c2cc3sc(C=C(C#N)C#N)cc3s2)cc1. The lowest BCUT2D eigenvalue weighted by atomic mass is 10.2. The van der Waals surface area contributed by atoms with Gasteiger partial charge in [0.1, 0.15) is 23.5 Å². The first-order valence-corrected chi connectivity index (χ1v) is 8.06. The number of fused-ring (bicyclic) bond motifs is 1. The van der Waals surface area contributed by atoms with Gasteiger partial charge in [-0.05, 0) is 48.0 Å². The lowest BCUT2D eigenvalue weighted by Gasteiger charge is -2.00. The molecule has 5 heteroatoms. The van der Waals surface area contributed by atoms with Gasteiger partial charge in [-0.2, -0.15) is 10.5 Å². The maximum atomic E-state index is 8.80. The van der Waals surface area contributed by atoms with Gasteiger partial charge in [-0.3, -0.25) is 0 Å². The van der Waals surface area contributed by atoms with E-state index in [9.17, 15) is 0 Å². The van der Waals surface area contributed by atoms with Crippen molar-refractivity contribution >= 4 is 38.1 Å². The Morgan fingerprint density at radius 1 is 1.05 bits per heavy atom. The third kappa shape index (κ3) is 2.73. The largest absolute Gasteiger partial charge is 0.497 e. The standard InChI is InChI=1S/C17H10N2OS2/c1-20-13-4-2-12(3-5-13)15-8-17-16(22-15)7-14(21-17)6-11(9-18)10-19/h2-8H,1H3. The number of methoxy groups -OCH3 is 1. The Kier molecular flexibility index (Phi) is 3.93. The molecule has 3 aromatic rings. The van der Waals surface area contributed by atoms with Gasteiger partial charge in [-0.25, -0.2) is 0 Å². The van der Waals surface area contributed by atoms with E-state index in [4.69, 9.17) is 15.3 Å². The van der Waals surface area contributed by atoms with Gasteiger partial charge in [-0.1, -0.05) is 0 Å². The fourth-order valence-electron chi connectivity index (χ4n) is 2.05. The minimum Gasteiger partial charge on any atom is -0.497 e. The molecule has 2 heterocycles. The number of rotatable bonds is 3. The minimum absolute atomic E-state index is 0.129. The van der Waals surface area contributed by atoms with Crippen molar-refractivity contribution in [1.29, 1.82) is 10.5 Å². The molecule has 3 nitrogen and oxygen atoms in total. The van der Waals surface area contributed by atoms with Crippen LogP contribution in [0.4, 0.5) is 0 Å². The van der Waals surface area contributed by atoms with Gasteiger partial charge in [0, 0.05) is 19.2 Å². The van der Waals surface area contributed by atoms with Crippen LogP contribution in [0.3, 0.4) is 0 Å². The van der Waals surface area contributed by atoms with E-state index >= 15 is 0 Å². The zero-order valence-electron chi connectivity index (χ0n) is 11.7. The maximum Gasteiger partial charge on any atom is 0.131 e. The highest BCUT2D eigenvalue weighted by molar-refractivity contribution is 7.29. The number of nitriles is 2. The molecule has 0 radical (unpaired) electrons. The third-order valence-corrected chi connectivity index (χ3v) is 5.42. The summed E-state index contributed by atoms with van der Waals surface area (Å²) in [6, 6.07) is 15.9. The molecule has 2 aromatic heterocycles. The van der Waals surface area contributed by atoms with Crippen LogP contribution in [0, 0.1) is 22.7 Å². The van der Waals surface area contributed by atoms with E-state index in [1.165, 1.54) is 4.88 Å². The van der Waals surface area contributed by atoms with E-state index in [0.29, 0.717) is 0 Å². The van der Waals surface area contributed by atoms with Crippen LogP contribution in [0.15, 0.2) is 42.0 Å². The Morgan fingerprint density at radius 3 is 2.32 bits per heavy atom. The summed E-state index contributed by atoms with van der Waals surface area (Å²) < 4.78 is 7.50. The van der Waals surface area contributed by atoms with Crippen LogP contribution in [-0.2, 0) is 0 Å². The van der Waals surface area contributed by atoms with E-state index in [-0.39, 0.29) is 5.57 Å². The Morgan fingerprint density at radius 2 is 1.73 bits per heavy atom. The molecule has 0 unspecified atom stereocenters. The van der Waals surface area contributed by atoms with Crippen LogP contribution in [0.5, 0.6) is 5.75 Å². The van der Waals surface area contributed by atoms with Crippen LogP contribution in [0.2, 0.25) is 0 Å². The van der Waals surface area contributed by atoms with Crippen molar-refractivity contribution < 1.29 is 4.74 Å². The van der Waals surface area contributed by atoms with Crippen molar-refractivity contribution in [2.24, 2.45) is 0 Å². The van der Waals surface area contributed by atoms with E-state index in [2.05, 4.69) is 6.07 Å². The fraction of sp³-hybridized carbons (Fsp3) is 0.0588. The highest BCUT2D eigenvalue weighted by Gasteiger charge is 2.08. The summed E-state index contributed by atoms with van der Waals surface area (Å²) in [5.74, 6) is 0.843. The van der Waals surface area contributed by atoms with Crippen molar-refractivity contribution in [1.82, 2.24) is 0 Å². The van der Waals surface area contributed by atoms with E-state index in [1.54, 1.807) is 35.9 Å². The summed E-state index contributed by atoms with van der Waals surface area (Å²) in [5.41, 5.74) is 1.28. The molecule has 0 saturated carbocycles. The molecule has 22 heavy (non-hydrogen) atoms. The van der Waals surface area contributed by atoms with Gasteiger partial charge >= 0.3 is 0 Å². The first-order valence-electron chi connectivity index (χ1n) is 6.43. The number of hydrogen-bond acceptors (Lipinski definition) is 5. The number of hydrogen-bond donors (Lipinski definition) is 0. The molecule has 3 rings (SSSR count). The van der Waals surface area contributed by atoms with Crippen LogP contribution < -0.4 is 4.74 Å². The van der Waals surface area contributed by atoms with Gasteiger partial charge in [0.05, 0.1) is 7.11 Å². The summed E-state index contributed by atoms with van der Waals surface area (Å²) in [6.07, 6.45) is 1.63. The Balaban J connectivity index is 1.95. The number of nitrogens with zero attached hydrogens (tertiary/aromatic N) is 2. The molecule has 0 atom stereocenters. The second-order valence-electron chi connectivity index (χ2n) is 4.50. The normalized spacial score (nSPS) is 9.95. The molecule has 1 aromatic carbocycles. The lowest BCUT2D eigenvalue weighted by Crippen LogP contribution is -1.81. The number of allylic oxidation sites excluding steroid dienone is 1. The molecule has 0 saturated heterocycles.